The zero-order valence-corrected chi connectivity index (χ0v) is 22.7. The second-order valence-corrected chi connectivity index (χ2v) is 8.89. The molecule has 1 aliphatic rings. The van der Waals surface area contributed by atoms with E-state index in [1.54, 1.807) is 0 Å². The van der Waals surface area contributed by atoms with Crippen LogP contribution in [0.3, 0.4) is 0 Å². The quantitative estimate of drug-likeness (QED) is 0.147. The van der Waals surface area contributed by atoms with E-state index in [0.29, 0.717) is 12.5 Å². The van der Waals surface area contributed by atoms with Crippen LogP contribution in [0.25, 0.3) is 0 Å². The van der Waals surface area contributed by atoms with E-state index in [-0.39, 0.29) is 24.0 Å². The number of halogens is 1. The van der Waals surface area contributed by atoms with Crippen LogP contribution in [0.1, 0.15) is 67.2 Å². The summed E-state index contributed by atoms with van der Waals surface area (Å²) < 4.78 is 16.6. The third-order valence-corrected chi connectivity index (χ3v) is 5.14. The maximum absolute atomic E-state index is 12.3. The van der Waals surface area contributed by atoms with Crippen molar-refractivity contribution < 1.29 is 19.0 Å². The molecule has 0 bridgehead atoms. The molecule has 1 amide bonds. The molecule has 0 aromatic carbocycles. The van der Waals surface area contributed by atoms with Crippen molar-refractivity contribution in [2.24, 2.45) is 10.9 Å². The monoisotopic (exact) mass is 556 g/mol. The van der Waals surface area contributed by atoms with Crippen LogP contribution in [-0.4, -0.2) is 69.3 Å². The molecule has 1 aliphatic heterocycles. The number of amides is 1. The van der Waals surface area contributed by atoms with Crippen LogP contribution in [0.5, 0.6) is 0 Å². The largest absolute Gasteiger partial charge is 0.444 e. The molecule has 1 heterocycles. The first-order valence-corrected chi connectivity index (χ1v) is 11.4. The van der Waals surface area contributed by atoms with Crippen molar-refractivity contribution in [2.45, 2.75) is 78.4 Å². The molecule has 0 spiro atoms. The van der Waals surface area contributed by atoms with Gasteiger partial charge in [-0.2, -0.15) is 0 Å². The molecule has 0 saturated carbocycles. The fourth-order valence-corrected chi connectivity index (χ4v) is 3.13. The zero-order chi connectivity index (χ0) is 22.5. The highest BCUT2D eigenvalue weighted by molar-refractivity contribution is 14.0. The molecule has 31 heavy (non-hydrogen) atoms. The Hall–Kier alpha value is -0.810. The highest BCUT2D eigenvalue weighted by Crippen LogP contribution is 2.17. The van der Waals surface area contributed by atoms with Gasteiger partial charge >= 0.3 is 6.09 Å². The van der Waals surface area contributed by atoms with E-state index in [2.05, 4.69) is 29.8 Å². The molecule has 1 rings (SSSR count). The van der Waals surface area contributed by atoms with Crippen LogP contribution < -0.4 is 16.0 Å². The third kappa shape index (κ3) is 13.4. The van der Waals surface area contributed by atoms with E-state index in [4.69, 9.17) is 19.2 Å². The number of hydrogen-bond acceptors (Lipinski definition) is 5. The summed E-state index contributed by atoms with van der Waals surface area (Å²) in [6.45, 7) is 17.0. The third-order valence-electron chi connectivity index (χ3n) is 5.14. The Kier molecular flexibility index (Phi) is 15.5. The molecule has 184 valence electrons. The van der Waals surface area contributed by atoms with E-state index in [1.165, 1.54) is 0 Å². The standard InChI is InChI=1S/C22H44N4O4.HI/c1-7-22(8-2,26-20(27)30-21(4,5)6)17-25-19(23-9-3)24-12-10-13-28-15-18-11-14-29-16-18;/h18H,7-17H2,1-6H3,(H,26,27)(H2,23,24,25);1H. The number of guanidine groups is 1. The summed E-state index contributed by atoms with van der Waals surface area (Å²) in [5.74, 6) is 1.30. The molecule has 1 fully saturated rings. The number of carbonyl (C=O) groups is 1. The summed E-state index contributed by atoms with van der Waals surface area (Å²) in [5, 5.41) is 9.66. The van der Waals surface area contributed by atoms with Crippen LogP contribution in [0, 0.1) is 5.92 Å². The van der Waals surface area contributed by atoms with Gasteiger partial charge in [-0.25, -0.2) is 4.79 Å². The Morgan fingerprint density at radius 3 is 2.42 bits per heavy atom. The Balaban J connectivity index is 0.00000900. The van der Waals surface area contributed by atoms with E-state index in [9.17, 15) is 4.79 Å². The van der Waals surface area contributed by atoms with Crippen molar-refractivity contribution in [3.8, 4) is 0 Å². The molecular formula is C22H45IN4O4. The normalized spacial score (nSPS) is 17.1. The van der Waals surface area contributed by atoms with Gasteiger partial charge in [0.05, 0.1) is 25.3 Å². The van der Waals surface area contributed by atoms with E-state index >= 15 is 0 Å². The van der Waals surface area contributed by atoms with E-state index < -0.39 is 17.2 Å². The number of rotatable bonds is 12. The van der Waals surface area contributed by atoms with Crippen LogP contribution in [0.4, 0.5) is 4.79 Å². The second kappa shape index (κ2) is 15.9. The van der Waals surface area contributed by atoms with Gasteiger partial charge in [-0.05, 0) is 53.4 Å². The molecule has 3 N–H and O–H groups in total. The number of nitrogens with one attached hydrogen (secondary N) is 3. The van der Waals surface area contributed by atoms with Crippen molar-refractivity contribution in [3.05, 3.63) is 0 Å². The molecule has 1 atom stereocenters. The summed E-state index contributed by atoms with van der Waals surface area (Å²) in [5.41, 5.74) is -0.957. The van der Waals surface area contributed by atoms with Crippen LogP contribution in [-0.2, 0) is 14.2 Å². The van der Waals surface area contributed by atoms with Crippen molar-refractivity contribution in [3.63, 3.8) is 0 Å². The lowest BCUT2D eigenvalue weighted by atomic mass is 9.93. The van der Waals surface area contributed by atoms with Gasteiger partial charge in [0.15, 0.2) is 5.96 Å². The van der Waals surface area contributed by atoms with Gasteiger partial charge in [0.1, 0.15) is 5.60 Å². The molecule has 1 saturated heterocycles. The van der Waals surface area contributed by atoms with Gasteiger partial charge in [-0.1, -0.05) is 13.8 Å². The number of carbonyl (C=O) groups excluding carboxylic acids is 1. The number of ether oxygens (including phenoxy) is 3. The number of aliphatic imine (C=N–C) groups is 1. The summed E-state index contributed by atoms with van der Waals surface area (Å²) in [6, 6.07) is 0. The molecule has 0 aromatic heterocycles. The van der Waals surface area contributed by atoms with Gasteiger partial charge in [0, 0.05) is 32.2 Å². The average molecular weight is 557 g/mol. The summed E-state index contributed by atoms with van der Waals surface area (Å²) in [7, 11) is 0. The predicted molar refractivity (Wildman–Crippen MR) is 136 cm³/mol. The lowest BCUT2D eigenvalue weighted by Gasteiger charge is -2.32. The van der Waals surface area contributed by atoms with Gasteiger partial charge < -0.3 is 30.2 Å². The Morgan fingerprint density at radius 2 is 1.87 bits per heavy atom. The first-order valence-electron chi connectivity index (χ1n) is 11.4. The number of alkyl carbamates (subject to hydrolysis) is 1. The first kappa shape index (κ1) is 30.2. The van der Waals surface area contributed by atoms with Crippen LogP contribution >= 0.6 is 24.0 Å². The smallest absolute Gasteiger partial charge is 0.408 e. The highest BCUT2D eigenvalue weighted by atomic mass is 127. The lowest BCUT2D eigenvalue weighted by Crippen LogP contribution is -2.52. The Morgan fingerprint density at radius 1 is 1.16 bits per heavy atom. The van der Waals surface area contributed by atoms with E-state index in [0.717, 1.165) is 71.2 Å². The molecule has 9 heteroatoms. The maximum atomic E-state index is 12.3. The van der Waals surface area contributed by atoms with Gasteiger partial charge in [-0.3, -0.25) is 4.99 Å². The van der Waals surface area contributed by atoms with E-state index in [1.807, 2.05) is 27.7 Å². The van der Waals surface area contributed by atoms with Crippen molar-refractivity contribution in [2.75, 3.05) is 46.1 Å². The molecule has 0 aromatic rings. The van der Waals surface area contributed by atoms with Gasteiger partial charge in [0.25, 0.3) is 0 Å². The highest BCUT2D eigenvalue weighted by Gasteiger charge is 2.30. The SMILES string of the molecule is CCNC(=NCC(CC)(CC)NC(=O)OC(C)(C)C)NCCCOCC1CCOC1.I. The first-order chi connectivity index (χ1) is 14.2. The molecule has 0 aliphatic carbocycles. The average Bonchev–Trinajstić information content (AvgIpc) is 3.19. The van der Waals surface area contributed by atoms with Gasteiger partial charge in [-0.15, -0.1) is 24.0 Å². The molecule has 0 radical (unpaired) electrons. The Bertz CT molecular complexity index is 516. The minimum Gasteiger partial charge on any atom is -0.444 e. The Labute approximate surface area is 206 Å². The summed E-state index contributed by atoms with van der Waals surface area (Å²) in [4.78, 5) is 17.0. The van der Waals surface area contributed by atoms with Crippen molar-refractivity contribution in [1.82, 2.24) is 16.0 Å². The number of nitrogens with zero attached hydrogens (tertiary/aromatic N) is 1. The van der Waals surface area contributed by atoms with Crippen molar-refractivity contribution in [1.29, 1.82) is 0 Å². The van der Waals surface area contributed by atoms with Crippen LogP contribution in [0.2, 0.25) is 0 Å². The molecular weight excluding hydrogens is 511 g/mol. The predicted octanol–water partition coefficient (Wildman–Crippen LogP) is 3.69. The summed E-state index contributed by atoms with van der Waals surface area (Å²) >= 11 is 0. The zero-order valence-electron chi connectivity index (χ0n) is 20.3. The second-order valence-electron chi connectivity index (χ2n) is 8.89. The molecule has 8 nitrogen and oxygen atoms in total. The fraction of sp³-hybridized carbons (Fsp3) is 0.909. The van der Waals surface area contributed by atoms with Crippen molar-refractivity contribution >= 4 is 36.0 Å². The minimum absolute atomic E-state index is 0. The number of hydrogen-bond donors (Lipinski definition) is 3. The maximum Gasteiger partial charge on any atom is 0.408 e. The molecule has 1 unspecified atom stereocenters. The van der Waals surface area contributed by atoms with Crippen LogP contribution in [0.15, 0.2) is 4.99 Å². The lowest BCUT2D eigenvalue weighted by molar-refractivity contribution is 0.0451. The fourth-order valence-electron chi connectivity index (χ4n) is 3.13. The summed E-state index contributed by atoms with van der Waals surface area (Å²) in [6.07, 6.45) is 3.14. The minimum atomic E-state index is -0.524. The van der Waals surface area contributed by atoms with Gasteiger partial charge in [0.2, 0.25) is 0 Å². The topological polar surface area (TPSA) is 93.2 Å².